The summed E-state index contributed by atoms with van der Waals surface area (Å²) in [7, 11) is 0. The van der Waals surface area contributed by atoms with E-state index in [1.165, 1.54) is 4.90 Å². The second kappa shape index (κ2) is 13.4. The summed E-state index contributed by atoms with van der Waals surface area (Å²) in [6.07, 6.45) is 2.18. The lowest BCUT2D eigenvalue weighted by molar-refractivity contribution is -0.142. The molecule has 1 aliphatic rings. The van der Waals surface area contributed by atoms with E-state index in [4.69, 9.17) is 23.4 Å². The second-order valence-electron chi connectivity index (χ2n) is 8.48. The van der Waals surface area contributed by atoms with Crippen LogP contribution in [-0.4, -0.2) is 61.3 Å². The zero-order chi connectivity index (χ0) is 25.9. The van der Waals surface area contributed by atoms with Gasteiger partial charge in [0.1, 0.15) is 11.5 Å². The lowest BCUT2D eigenvalue weighted by Gasteiger charge is -2.27. The van der Waals surface area contributed by atoms with Crippen LogP contribution in [0.5, 0.6) is 17.2 Å². The van der Waals surface area contributed by atoms with Crippen LogP contribution in [0.15, 0.2) is 71.3 Å². The molecule has 0 spiro atoms. The van der Waals surface area contributed by atoms with Crippen LogP contribution in [0.3, 0.4) is 0 Å². The Morgan fingerprint density at radius 1 is 0.919 bits per heavy atom. The topological polar surface area (TPSA) is 90.7 Å². The van der Waals surface area contributed by atoms with Gasteiger partial charge >= 0.3 is 0 Å². The molecule has 0 aliphatic carbocycles. The van der Waals surface area contributed by atoms with Crippen LogP contribution >= 0.6 is 0 Å². The first-order valence-corrected chi connectivity index (χ1v) is 12.3. The number of fused-ring (bicyclic) bond motifs is 1. The van der Waals surface area contributed by atoms with Gasteiger partial charge in [0.15, 0.2) is 18.1 Å². The number of rotatable bonds is 14. The van der Waals surface area contributed by atoms with E-state index >= 15 is 0 Å². The summed E-state index contributed by atoms with van der Waals surface area (Å²) < 4.78 is 27.5. The highest BCUT2D eigenvalue weighted by molar-refractivity contribution is 5.85. The summed E-state index contributed by atoms with van der Waals surface area (Å²) in [5.41, 5.74) is 0.880. The third-order valence-electron chi connectivity index (χ3n) is 5.80. The monoisotopic (exact) mass is 508 g/mol. The fourth-order valence-electron chi connectivity index (χ4n) is 3.89. The fourth-order valence-corrected chi connectivity index (χ4v) is 3.89. The van der Waals surface area contributed by atoms with Crippen molar-refractivity contribution in [3.63, 3.8) is 0 Å². The molecule has 0 N–H and O–H groups in total. The van der Waals surface area contributed by atoms with Crippen molar-refractivity contribution >= 4 is 11.8 Å². The van der Waals surface area contributed by atoms with E-state index in [2.05, 4.69) is 0 Å². The van der Waals surface area contributed by atoms with Crippen LogP contribution in [0.25, 0.3) is 0 Å². The number of para-hydroxylation sites is 1. The predicted octanol–water partition coefficient (Wildman–Crippen LogP) is 3.87. The van der Waals surface area contributed by atoms with E-state index in [1.807, 2.05) is 49.4 Å². The van der Waals surface area contributed by atoms with E-state index < -0.39 is 0 Å². The standard InChI is InChI=1S/C28H32N2O7/c1-2-33-14-7-13-29(28(32)20-35-23-8-4-3-5-9-23)19-27(31)30(18-24-10-6-15-34-24)17-22-11-12-25-26(16-22)37-21-36-25/h3-6,8-12,15-16H,2,7,13-14,17-21H2,1H3. The molecule has 37 heavy (non-hydrogen) atoms. The number of furan rings is 1. The highest BCUT2D eigenvalue weighted by Crippen LogP contribution is 2.33. The molecule has 3 aromatic rings. The summed E-state index contributed by atoms with van der Waals surface area (Å²) in [6, 6.07) is 18.3. The Morgan fingerprint density at radius 3 is 2.54 bits per heavy atom. The number of benzene rings is 2. The van der Waals surface area contributed by atoms with Crippen molar-refractivity contribution < 1.29 is 33.0 Å². The number of ether oxygens (including phenoxy) is 4. The van der Waals surface area contributed by atoms with Gasteiger partial charge in [-0.05, 0) is 55.3 Å². The molecule has 2 heterocycles. The zero-order valence-electron chi connectivity index (χ0n) is 21.0. The number of carbonyl (C=O) groups is 2. The number of hydrogen-bond donors (Lipinski definition) is 0. The minimum atomic E-state index is -0.269. The Hall–Kier alpha value is -3.98. The average molecular weight is 509 g/mol. The van der Waals surface area contributed by atoms with Crippen molar-refractivity contribution in [1.29, 1.82) is 0 Å². The second-order valence-corrected chi connectivity index (χ2v) is 8.48. The Kier molecular flexibility index (Phi) is 9.42. The molecular weight excluding hydrogens is 476 g/mol. The smallest absolute Gasteiger partial charge is 0.260 e. The molecule has 1 aromatic heterocycles. The molecular formula is C28H32N2O7. The van der Waals surface area contributed by atoms with Crippen LogP contribution in [0.2, 0.25) is 0 Å². The maximum absolute atomic E-state index is 13.5. The fraction of sp³-hybridized carbons (Fsp3) is 0.357. The number of amides is 2. The van der Waals surface area contributed by atoms with Crippen LogP contribution in [-0.2, 0) is 27.4 Å². The summed E-state index contributed by atoms with van der Waals surface area (Å²) in [6.45, 7) is 3.90. The summed E-state index contributed by atoms with van der Waals surface area (Å²) in [4.78, 5) is 29.8. The Balaban J connectivity index is 1.45. The van der Waals surface area contributed by atoms with Gasteiger partial charge in [-0.1, -0.05) is 24.3 Å². The van der Waals surface area contributed by atoms with Crippen LogP contribution < -0.4 is 14.2 Å². The van der Waals surface area contributed by atoms with Gasteiger partial charge in [0.2, 0.25) is 12.7 Å². The highest BCUT2D eigenvalue weighted by Gasteiger charge is 2.24. The molecule has 0 fully saturated rings. The first-order valence-electron chi connectivity index (χ1n) is 12.3. The molecule has 1 aliphatic heterocycles. The van der Waals surface area contributed by atoms with Crippen LogP contribution in [0.4, 0.5) is 0 Å². The molecule has 2 amide bonds. The van der Waals surface area contributed by atoms with Gasteiger partial charge in [-0.25, -0.2) is 0 Å². The van der Waals surface area contributed by atoms with Gasteiger partial charge in [0.25, 0.3) is 5.91 Å². The van der Waals surface area contributed by atoms with E-state index in [0.29, 0.717) is 55.7 Å². The van der Waals surface area contributed by atoms with E-state index in [9.17, 15) is 9.59 Å². The molecule has 0 atom stereocenters. The highest BCUT2D eigenvalue weighted by atomic mass is 16.7. The lowest BCUT2D eigenvalue weighted by Crippen LogP contribution is -2.44. The third kappa shape index (κ3) is 7.75. The minimum Gasteiger partial charge on any atom is -0.484 e. The number of nitrogens with zero attached hydrogens (tertiary/aromatic N) is 2. The third-order valence-corrected chi connectivity index (χ3v) is 5.80. The molecule has 4 rings (SSSR count). The van der Waals surface area contributed by atoms with Gasteiger partial charge < -0.3 is 33.2 Å². The lowest BCUT2D eigenvalue weighted by atomic mass is 10.2. The van der Waals surface area contributed by atoms with Crippen molar-refractivity contribution in [2.75, 3.05) is 39.7 Å². The summed E-state index contributed by atoms with van der Waals surface area (Å²) in [5.74, 6) is 2.09. The molecule has 0 radical (unpaired) electrons. The number of hydrogen-bond acceptors (Lipinski definition) is 7. The zero-order valence-corrected chi connectivity index (χ0v) is 21.0. The molecule has 196 valence electrons. The Morgan fingerprint density at radius 2 is 1.76 bits per heavy atom. The van der Waals surface area contributed by atoms with Crippen molar-refractivity contribution in [3.05, 3.63) is 78.3 Å². The Labute approximate surface area is 216 Å². The van der Waals surface area contributed by atoms with Crippen LogP contribution in [0, 0.1) is 0 Å². The molecule has 0 unspecified atom stereocenters. The molecule has 9 heteroatoms. The molecule has 0 bridgehead atoms. The minimum absolute atomic E-state index is 0.0889. The quantitative estimate of drug-likeness (QED) is 0.305. The maximum atomic E-state index is 13.5. The van der Waals surface area contributed by atoms with Crippen molar-refractivity contribution in [1.82, 2.24) is 9.80 Å². The van der Waals surface area contributed by atoms with Gasteiger partial charge in [-0.15, -0.1) is 0 Å². The van der Waals surface area contributed by atoms with Crippen LogP contribution in [0.1, 0.15) is 24.7 Å². The largest absolute Gasteiger partial charge is 0.484 e. The SMILES string of the molecule is CCOCCCN(CC(=O)N(Cc1ccc2c(c1)OCO2)Cc1ccco1)C(=O)COc1ccccc1. The van der Waals surface area contributed by atoms with E-state index in [-0.39, 0.29) is 38.3 Å². The van der Waals surface area contributed by atoms with Crippen molar-refractivity contribution in [2.45, 2.75) is 26.4 Å². The molecule has 0 saturated carbocycles. The van der Waals surface area contributed by atoms with Gasteiger partial charge in [-0.3, -0.25) is 9.59 Å². The van der Waals surface area contributed by atoms with Crippen molar-refractivity contribution in [2.24, 2.45) is 0 Å². The normalized spacial score (nSPS) is 11.8. The Bertz CT molecular complexity index is 1130. The number of carbonyl (C=O) groups excluding carboxylic acids is 2. The van der Waals surface area contributed by atoms with Gasteiger partial charge in [0.05, 0.1) is 19.4 Å². The molecule has 2 aromatic carbocycles. The first-order chi connectivity index (χ1) is 18.1. The van der Waals surface area contributed by atoms with E-state index in [0.717, 1.165) is 5.56 Å². The summed E-state index contributed by atoms with van der Waals surface area (Å²) >= 11 is 0. The maximum Gasteiger partial charge on any atom is 0.260 e. The van der Waals surface area contributed by atoms with E-state index in [1.54, 1.807) is 29.4 Å². The van der Waals surface area contributed by atoms with Crippen molar-refractivity contribution in [3.8, 4) is 17.2 Å². The average Bonchev–Trinajstić information content (AvgIpc) is 3.61. The predicted molar refractivity (Wildman–Crippen MR) is 135 cm³/mol. The van der Waals surface area contributed by atoms with Gasteiger partial charge in [0, 0.05) is 26.3 Å². The molecule has 0 saturated heterocycles. The first kappa shape index (κ1) is 26.1. The van der Waals surface area contributed by atoms with Gasteiger partial charge in [-0.2, -0.15) is 0 Å². The summed E-state index contributed by atoms with van der Waals surface area (Å²) in [5, 5.41) is 0. The molecule has 9 nitrogen and oxygen atoms in total.